The summed E-state index contributed by atoms with van der Waals surface area (Å²) in [6, 6.07) is 15.4. The number of rotatable bonds is 3. The molecule has 0 saturated carbocycles. The Balaban J connectivity index is 1.57. The van der Waals surface area contributed by atoms with Crippen molar-refractivity contribution in [3.8, 4) is 5.75 Å². The molecule has 2 heterocycles. The summed E-state index contributed by atoms with van der Waals surface area (Å²) in [6.07, 6.45) is 1.74. The van der Waals surface area contributed by atoms with E-state index in [4.69, 9.17) is 4.74 Å². The van der Waals surface area contributed by atoms with Crippen LogP contribution in [0, 0.1) is 0 Å². The average molecular weight is 391 g/mol. The molecule has 1 aliphatic heterocycles. The van der Waals surface area contributed by atoms with Crippen LogP contribution in [0.1, 0.15) is 35.8 Å². The molecule has 1 aliphatic rings. The van der Waals surface area contributed by atoms with E-state index in [-0.39, 0.29) is 16.9 Å². The van der Waals surface area contributed by atoms with Crippen LogP contribution in [-0.4, -0.2) is 40.8 Å². The Labute approximate surface area is 169 Å². The fourth-order valence-corrected chi connectivity index (χ4v) is 4.09. The molecule has 0 aliphatic carbocycles. The Bertz CT molecular complexity index is 1110. The number of methoxy groups -OCH3 is 1. The largest absolute Gasteiger partial charge is 0.497 e. The van der Waals surface area contributed by atoms with Crippen LogP contribution in [0.25, 0.3) is 10.8 Å². The summed E-state index contributed by atoms with van der Waals surface area (Å²) in [5.41, 5.74) is 1.43. The third-order valence-electron chi connectivity index (χ3n) is 6.10. The molecule has 1 aromatic heterocycles. The molecule has 150 valence electrons. The van der Waals surface area contributed by atoms with Crippen LogP contribution in [0.5, 0.6) is 5.75 Å². The average Bonchev–Trinajstić information content (AvgIpc) is 2.76. The molecule has 0 radical (unpaired) electrons. The molecule has 29 heavy (non-hydrogen) atoms. The molecule has 6 nitrogen and oxygen atoms in total. The highest BCUT2D eigenvalue weighted by Crippen LogP contribution is 2.36. The maximum Gasteiger partial charge on any atom is 0.274 e. The number of fused-ring (bicyclic) bond motifs is 1. The predicted octanol–water partition coefficient (Wildman–Crippen LogP) is 3.14. The van der Waals surface area contributed by atoms with Gasteiger partial charge in [-0.15, -0.1) is 0 Å². The molecule has 1 fully saturated rings. The normalized spacial score (nSPS) is 16.0. The van der Waals surface area contributed by atoms with Crippen LogP contribution in [0.4, 0.5) is 0 Å². The molecular formula is C23H25N3O3. The van der Waals surface area contributed by atoms with E-state index in [1.807, 2.05) is 23.1 Å². The van der Waals surface area contributed by atoms with E-state index in [2.05, 4.69) is 24.2 Å². The third kappa shape index (κ3) is 3.39. The van der Waals surface area contributed by atoms with Crippen LogP contribution in [0.3, 0.4) is 0 Å². The third-order valence-corrected chi connectivity index (χ3v) is 6.10. The van der Waals surface area contributed by atoms with E-state index in [1.54, 1.807) is 32.4 Å². The standard InChI is InChI=1S/C23H25N3O3/c1-23(16-8-10-17(29-3)11-9-16)12-14-26(15-13-23)22(28)20-18-6-4-5-7-19(18)21(27)25(2)24-20/h4-11H,12-15H2,1-3H3. The molecule has 0 spiro atoms. The fraction of sp³-hybridized carbons (Fsp3) is 0.348. The Hall–Kier alpha value is -3.15. The van der Waals surface area contributed by atoms with E-state index in [0.717, 1.165) is 18.6 Å². The predicted molar refractivity (Wildman–Crippen MR) is 112 cm³/mol. The van der Waals surface area contributed by atoms with Gasteiger partial charge in [-0.3, -0.25) is 9.59 Å². The number of aryl methyl sites for hydroxylation is 1. The van der Waals surface area contributed by atoms with E-state index in [0.29, 0.717) is 29.6 Å². The zero-order valence-corrected chi connectivity index (χ0v) is 17.0. The van der Waals surface area contributed by atoms with Crippen molar-refractivity contribution in [2.45, 2.75) is 25.2 Å². The molecule has 6 heteroatoms. The van der Waals surface area contributed by atoms with Crippen LogP contribution in [0.15, 0.2) is 53.3 Å². The minimum atomic E-state index is -0.192. The van der Waals surface area contributed by atoms with Crippen molar-refractivity contribution in [2.75, 3.05) is 20.2 Å². The van der Waals surface area contributed by atoms with Crippen molar-refractivity contribution >= 4 is 16.7 Å². The Morgan fingerprint density at radius 1 is 1.03 bits per heavy atom. The van der Waals surface area contributed by atoms with Gasteiger partial charge in [0.15, 0.2) is 5.69 Å². The van der Waals surface area contributed by atoms with Gasteiger partial charge in [-0.2, -0.15) is 5.10 Å². The number of piperidine rings is 1. The second-order valence-electron chi connectivity index (χ2n) is 7.90. The number of aromatic nitrogens is 2. The summed E-state index contributed by atoms with van der Waals surface area (Å²) >= 11 is 0. The van der Waals surface area contributed by atoms with Gasteiger partial charge in [-0.05, 0) is 42.0 Å². The number of hydrogen-bond acceptors (Lipinski definition) is 4. The molecule has 1 saturated heterocycles. The minimum Gasteiger partial charge on any atom is -0.497 e. The number of carbonyl (C=O) groups excluding carboxylic acids is 1. The van der Waals surface area contributed by atoms with Crippen molar-refractivity contribution in [3.63, 3.8) is 0 Å². The number of carbonyl (C=O) groups is 1. The molecule has 3 aromatic rings. The summed E-state index contributed by atoms with van der Waals surface area (Å²) in [5.74, 6) is 0.728. The van der Waals surface area contributed by atoms with Gasteiger partial charge in [-0.25, -0.2) is 4.68 Å². The maximum absolute atomic E-state index is 13.2. The number of hydrogen-bond donors (Lipinski definition) is 0. The summed E-state index contributed by atoms with van der Waals surface area (Å²) in [4.78, 5) is 27.4. The van der Waals surface area contributed by atoms with Crippen molar-refractivity contribution in [2.24, 2.45) is 7.05 Å². The smallest absolute Gasteiger partial charge is 0.274 e. The molecule has 0 atom stereocenters. The lowest BCUT2D eigenvalue weighted by Gasteiger charge is -2.39. The van der Waals surface area contributed by atoms with E-state index in [1.165, 1.54) is 10.2 Å². The summed E-state index contributed by atoms with van der Waals surface area (Å²) in [5, 5.41) is 5.43. The van der Waals surface area contributed by atoms with Crippen LogP contribution in [0.2, 0.25) is 0 Å². The van der Waals surface area contributed by atoms with Gasteiger partial charge in [0.05, 0.1) is 12.5 Å². The molecule has 0 bridgehead atoms. The molecule has 2 aromatic carbocycles. The van der Waals surface area contributed by atoms with Gasteiger partial charge in [0.1, 0.15) is 5.75 Å². The first-order valence-corrected chi connectivity index (χ1v) is 9.83. The summed E-state index contributed by atoms with van der Waals surface area (Å²) < 4.78 is 6.51. The second-order valence-corrected chi connectivity index (χ2v) is 7.90. The second kappa shape index (κ2) is 7.35. The molecule has 4 rings (SSSR count). The minimum absolute atomic E-state index is 0.0160. The number of likely N-dealkylation sites (tertiary alicyclic amines) is 1. The molecule has 0 unspecified atom stereocenters. The molecule has 0 N–H and O–H groups in total. The van der Waals surface area contributed by atoms with Gasteiger partial charge < -0.3 is 9.64 Å². The first-order valence-electron chi connectivity index (χ1n) is 9.83. The first kappa shape index (κ1) is 19.2. The van der Waals surface area contributed by atoms with Crippen LogP contribution >= 0.6 is 0 Å². The highest BCUT2D eigenvalue weighted by atomic mass is 16.5. The lowest BCUT2D eigenvalue weighted by molar-refractivity contribution is 0.0670. The van der Waals surface area contributed by atoms with Crippen molar-refractivity contribution < 1.29 is 9.53 Å². The van der Waals surface area contributed by atoms with Gasteiger partial charge in [-0.1, -0.05) is 37.3 Å². The topological polar surface area (TPSA) is 64.4 Å². The number of nitrogens with zero attached hydrogens (tertiary/aromatic N) is 3. The highest BCUT2D eigenvalue weighted by molar-refractivity contribution is 6.04. The highest BCUT2D eigenvalue weighted by Gasteiger charge is 2.34. The van der Waals surface area contributed by atoms with Gasteiger partial charge in [0, 0.05) is 25.5 Å². The van der Waals surface area contributed by atoms with Gasteiger partial charge in [0.2, 0.25) is 0 Å². The van der Waals surface area contributed by atoms with Gasteiger partial charge >= 0.3 is 0 Å². The monoisotopic (exact) mass is 391 g/mol. The van der Waals surface area contributed by atoms with Crippen molar-refractivity contribution in [3.05, 3.63) is 70.1 Å². The zero-order chi connectivity index (χ0) is 20.6. The zero-order valence-electron chi connectivity index (χ0n) is 17.0. The maximum atomic E-state index is 13.2. The first-order chi connectivity index (χ1) is 13.9. The fourth-order valence-electron chi connectivity index (χ4n) is 4.09. The van der Waals surface area contributed by atoms with E-state index >= 15 is 0 Å². The number of benzene rings is 2. The molecule has 1 amide bonds. The summed E-state index contributed by atoms with van der Waals surface area (Å²) in [7, 11) is 3.25. The lowest BCUT2D eigenvalue weighted by atomic mass is 9.74. The van der Waals surface area contributed by atoms with Crippen molar-refractivity contribution in [1.29, 1.82) is 0 Å². The quantitative estimate of drug-likeness (QED) is 0.688. The Morgan fingerprint density at radius 2 is 1.66 bits per heavy atom. The van der Waals surface area contributed by atoms with E-state index < -0.39 is 0 Å². The lowest BCUT2D eigenvalue weighted by Crippen LogP contribution is -2.44. The number of ether oxygens (including phenoxy) is 1. The van der Waals surface area contributed by atoms with Crippen molar-refractivity contribution in [1.82, 2.24) is 14.7 Å². The molecular weight excluding hydrogens is 366 g/mol. The van der Waals surface area contributed by atoms with Crippen LogP contribution in [-0.2, 0) is 12.5 Å². The Morgan fingerprint density at radius 3 is 2.28 bits per heavy atom. The Kier molecular flexibility index (Phi) is 4.86. The van der Waals surface area contributed by atoms with Gasteiger partial charge in [0.25, 0.3) is 11.5 Å². The number of amides is 1. The summed E-state index contributed by atoms with van der Waals surface area (Å²) in [6.45, 7) is 3.55. The van der Waals surface area contributed by atoms with Crippen LogP contribution < -0.4 is 10.3 Å². The van der Waals surface area contributed by atoms with E-state index in [9.17, 15) is 9.59 Å². The SMILES string of the molecule is COc1ccc(C2(C)CCN(C(=O)c3nn(C)c(=O)c4ccccc34)CC2)cc1.